The van der Waals surface area contributed by atoms with E-state index >= 15 is 0 Å². The molecule has 33 heavy (non-hydrogen) atoms. The minimum atomic E-state index is -0.495. The number of benzene rings is 1. The van der Waals surface area contributed by atoms with Crippen LogP contribution < -0.4 is 11.2 Å². The number of hydrogen-bond acceptors (Lipinski definition) is 6. The fourth-order valence-electron chi connectivity index (χ4n) is 4.01. The van der Waals surface area contributed by atoms with Crippen LogP contribution in [0.4, 0.5) is 0 Å². The van der Waals surface area contributed by atoms with Gasteiger partial charge >= 0.3 is 5.69 Å². The third-order valence-electron chi connectivity index (χ3n) is 6.32. The molecule has 0 bridgehead atoms. The number of aromatic nitrogens is 4. The fourth-order valence-corrected chi connectivity index (χ4v) is 5.03. The normalized spacial score (nSPS) is 17.3. The van der Waals surface area contributed by atoms with Crippen LogP contribution in [0.3, 0.4) is 0 Å². The first-order valence-electron chi connectivity index (χ1n) is 11.5. The van der Waals surface area contributed by atoms with Gasteiger partial charge in [-0.2, -0.15) is 0 Å². The third kappa shape index (κ3) is 4.28. The maximum absolute atomic E-state index is 13.2. The highest BCUT2D eigenvalue weighted by molar-refractivity contribution is 8.00. The second-order valence-corrected chi connectivity index (χ2v) is 11.5. The molecule has 1 N–H and O–H groups in total. The van der Waals surface area contributed by atoms with Gasteiger partial charge < -0.3 is 0 Å². The minimum Gasteiger partial charge on any atom is -0.293 e. The number of hydrogen-bond donors (Lipinski definition) is 1. The minimum absolute atomic E-state index is 0.0133. The summed E-state index contributed by atoms with van der Waals surface area (Å²) in [6.45, 7) is 8.25. The summed E-state index contributed by atoms with van der Waals surface area (Å²) in [6.07, 6.45) is 3.79. The van der Waals surface area contributed by atoms with Gasteiger partial charge in [0.15, 0.2) is 11.4 Å². The van der Waals surface area contributed by atoms with Crippen molar-refractivity contribution < 1.29 is 4.79 Å². The lowest BCUT2D eigenvalue weighted by atomic mass is 9.86. The van der Waals surface area contributed by atoms with Crippen molar-refractivity contribution in [3.63, 3.8) is 0 Å². The Morgan fingerprint density at radius 2 is 1.76 bits per heavy atom. The van der Waals surface area contributed by atoms with Gasteiger partial charge in [0.2, 0.25) is 0 Å². The van der Waals surface area contributed by atoms with Crippen molar-refractivity contribution in [2.24, 2.45) is 0 Å². The molecule has 1 unspecified atom stereocenters. The van der Waals surface area contributed by atoms with Crippen LogP contribution in [0.5, 0.6) is 0 Å². The van der Waals surface area contributed by atoms with Crippen LogP contribution in [-0.2, 0) is 5.41 Å². The molecular formula is C25H28N4O3S. The van der Waals surface area contributed by atoms with Crippen LogP contribution >= 0.6 is 11.8 Å². The Morgan fingerprint density at radius 3 is 2.33 bits per heavy atom. The molecule has 1 atom stereocenters. The molecule has 2 saturated carbocycles. The van der Waals surface area contributed by atoms with Crippen LogP contribution in [0.1, 0.15) is 87.1 Å². The molecule has 7 nitrogen and oxygen atoms in total. The summed E-state index contributed by atoms with van der Waals surface area (Å²) in [5.41, 5.74) is 1.30. The number of H-pyrrole nitrogens is 1. The van der Waals surface area contributed by atoms with E-state index in [9.17, 15) is 14.4 Å². The number of nitrogens with one attached hydrogen (secondary N) is 1. The van der Waals surface area contributed by atoms with Gasteiger partial charge in [0, 0.05) is 17.5 Å². The first kappa shape index (κ1) is 22.1. The zero-order valence-electron chi connectivity index (χ0n) is 19.3. The van der Waals surface area contributed by atoms with E-state index < -0.39 is 16.5 Å². The first-order chi connectivity index (χ1) is 15.6. The topological polar surface area (TPSA) is 97.7 Å². The summed E-state index contributed by atoms with van der Waals surface area (Å²) in [5, 5.41) is 0.333. The van der Waals surface area contributed by atoms with Gasteiger partial charge in [0.1, 0.15) is 16.2 Å². The predicted octanol–water partition coefficient (Wildman–Crippen LogP) is 4.35. The van der Waals surface area contributed by atoms with Gasteiger partial charge in [-0.25, -0.2) is 14.8 Å². The van der Waals surface area contributed by atoms with E-state index in [2.05, 4.69) is 30.7 Å². The molecule has 0 saturated heterocycles. The smallest absolute Gasteiger partial charge is 0.293 e. The van der Waals surface area contributed by atoms with Gasteiger partial charge in [-0.05, 0) is 43.6 Å². The van der Waals surface area contributed by atoms with Gasteiger partial charge in [-0.3, -0.25) is 19.1 Å². The van der Waals surface area contributed by atoms with E-state index in [0.29, 0.717) is 27.4 Å². The standard InChI is InChI=1S/C25H28N4O3S/c1-13(19(30)14-7-9-16(10-8-14)25(2,3)4)33-23-18-21(26-20(27-23)15-5-6-15)29(17-11-12-17)24(32)28-22(18)31/h7-10,13,15,17H,5-6,11-12H2,1-4H3,(H,28,31,32). The summed E-state index contributed by atoms with van der Waals surface area (Å²) in [6, 6.07) is 7.79. The number of thioether (sulfide) groups is 1. The molecule has 2 fully saturated rings. The van der Waals surface area contributed by atoms with Crippen molar-refractivity contribution in [3.05, 3.63) is 62.1 Å². The van der Waals surface area contributed by atoms with Crippen LogP contribution in [0, 0.1) is 0 Å². The van der Waals surface area contributed by atoms with Crippen molar-refractivity contribution >= 4 is 28.6 Å². The van der Waals surface area contributed by atoms with E-state index in [0.717, 1.165) is 25.7 Å². The molecule has 2 aliphatic carbocycles. The number of fused-ring (bicyclic) bond motifs is 1. The summed E-state index contributed by atoms with van der Waals surface area (Å²) in [7, 11) is 0. The zero-order valence-corrected chi connectivity index (χ0v) is 20.2. The monoisotopic (exact) mass is 464 g/mol. The van der Waals surface area contributed by atoms with Crippen molar-refractivity contribution in [2.45, 2.75) is 81.0 Å². The molecular weight excluding hydrogens is 436 g/mol. The molecule has 0 spiro atoms. The van der Waals surface area contributed by atoms with E-state index in [1.807, 2.05) is 31.2 Å². The highest BCUT2D eigenvalue weighted by Gasteiger charge is 2.33. The average molecular weight is 465 g/mol. The van der Waals surface area contributed by atoms with Gasteiger partial charge in [-0.15, -0.1) is 0 Å². The van der Waals surface area contributed by atoms with E-state index in [1.165, 1.54) is 17.3 Å². The van der Waals surface area contributed by atoms with Crippen molar-refractivity contribution in [1.29, 1.82) is 0 Å². The highest BCUT2D eigenvalue weighted by atomic mass is 32.2. The molecule has 172 valence electrons. The summed E-state index contributed by atoms with van der Waals surface area (Å²) < 4.78 is 1.60. The molecule has 2 heterocycles. The average Bonchev–Trinajstić information content (AvgIpc) is 3.66. The molecule has 5 rings (SSSR count). The van der Waals surface area contributed by atoms with Crippen molar-refractivity contribution in [2.75, 3.05) is 0 Å². The fraction of sp³-hybridized carbons (Fsp3) is 0.480. The number of nitrogens with zero attached hydrogens (tertiary/aromatic N) is 3. The lowest BCUT2D eigenvalue weighted by molar-refractivity contribution is 0.0994. The molecule has 8 heteroatoms. The molecule has 3 aromatic rings. The Labute approximate surface area is 196 Å². The SMILES string of the molecule is CC(Sc1nc(C2CC2)nc2c1c(=O)[nH]c(=O)n2C1CC1)C(=O)c1ccc(C(C)(C)C)cc1. The Kier molecular flexibility index (Phi) is 5.31. The molecule has 2 aliphatic rings. The van der Waals surface area contributed by atoms with Gasteiger partial charge in [0.05, 0.1) is 5.25 Å². The zero-order chi connectivity index (χ0) is 23.5. The van der Waals surface area contributed by atoms with Gasteiger partial charge in [0.25, 0.3) is 5.56 Å². The highest BCUT2D eigenvalue weighted by Crippen LogP contribution is 2.41. The number of aromatic amines is 1. The van der Waals surface area contributed by atoms with Crippen LogP contribution in [-0.4, -0.2) is 30.6 Å². The molecule has 0 amide bonds. The lowest BCUT2D eigenvalue weighted by Gasteiger charge is -2.19. The number of carbonyl (C=O) groups is 1. The number of carbonyl (C=O) groups excluding carboxylic acids is 1. The number of rotatable bonds is 6. The molecule has 0 aliphatic heterocycles. The van der Waals surface area contributed by atoms with Crippen LogP contribution in [0.15, 0.2) is 38.9 Å². The summed E-state index contributed by atoms with van der Waals surface area (Å²) in [5.74, 6) is 0.900. The van der Waals surface area contributed by atoms with Gasteiger partial charge in [-0.1, -0.05) is 56.8 Å². The molecule has 2 aromatic heterocycles. The third-order valence-corrected chi connectivity index (χ3v) is 7.40. The maximum atomic E-state index is 13.2. The quantitative estimate of drug-likeness (QED) is 0.331. The Hall–Kier alpha value is -2.74. The van der Waals surface area contributed by atoms with Crippen molar-refractivity contribution in [1.82, 2.24) is 19.5 Å². The largest absolute Gasteiger partial charge is 0.330 e. The Bertz CT molecular complexity index is 1360. The number of ketones is 1. The summed E-state index contributed by atoms with van der Waals surface area (Å²) in [4.78, 5) is 50.4. The Morgan fingerprint density at radius 1 is 1.09 bits per heavy atom. The second-order valence-electron chi connectivity index (χ2n) is 10.2. The molecule has 1 aromatic carbocycles. The van der Waals surface area contributed by atoms with Crippen LogP contribution in [0.25, 0.3) is 11.0 Å². The Balaban J connectivity index is 1.53. The van der Waals surface area contributed by atoms with E-state index in [-0.39, 0.29) is 23.2 Å². The predicted molar refractivity (Wildman–Crippen MR) is 129 cm³/mol. The maximum Gasteiger partial charge on any atom is 0.330 e. The first-order valence-corrected chi connectivity index (χ1v) is 12.4. The van der Waals surface area contributed by atoms with E-state index in [4.69, 9.17) is 4.98 Å². The lowest BCUT2D eigenvalue weighted by Crippen LogP contribution is -2.31. The number of Topliss-reactive ketones (excluding diaryl/α,β-unsaturated/α-hetero) is 1. The van der Waals surface area contributed by atoms with Crippen molar-refractivity contribution in [3.8, 4) is 0 Å². The van der Waals surface area contributed by atoms with Crippen LogP contribution in [0.2, 0.25) is 0 Å². The molecule has 0 radical (unpaired) electrons. The van der Waals surface area contributed by atoms with E-state index in [1.54, 1.807) is 4.57 Å². The second kappa shape index (κ2) is 7.94. The summed E-state index contributed by atoms with van der Waals surface area (Å²) >= 11 is 1.27.